The quantitative estimate of drug-likeness (QED) is 0.683. The first-order chi connectivity index (χ1) is 14.6. The van der Waals surface area contributed by atoms with Crippen LogP contribution >= 0.6 is 11.3 Å². The molecule has 156 valence electrons. The van der Waals surface area contributed by atoms with Gasteiger partial charge in [-0.05, 0) is 38.2 Å². The first kappa shape index (κ1) is 19.2. The van der Waals surface area contributed by atoms with Gasteiger partial charge in [0.05, 0.1) is 12.5 Å². The molecular weight excluding hydrogens is 398 g/mol. The first-order valence-electron chi connectivity index (χ1n) is 10.5. The second-order valence-corrected chi connectivity index (χ2v) is 9.36. The van der Waals surface area contributed by atoms with Crippen molar-refractivity contribution in [2.24, 2.45) is 5.92 Å². The lowest BCUT2D eigenvalue weighted by Crippen LogP contribution is -2.43. The largest absolute Gasteiger partial charge is 0.353 e. The second-order valence-electron chi connectivity index (χ2n) is 8.38. The topological polar surface area (TPSA) is 80.1 Å². The lowest BCUT2D eigenvalue weighted by Gasteiger charge is -2.31. The van der Waals surface area contributed by atoms with E-state index >= 15 is 0 Å². The monoisotopic (exact) mass is 423 g/mol. The number of benzene rings is 1. The minimum absolute atomic E-state index is 0.0164. The standard InChI is InChI=1S/C22H25N5O2S/c1-14-4-2-5-15(10-14)11-27-13-23-19-18(21(27)29)30-22(25-19)26-9-3-6-16(12-26)20(28)24-17-7-8-17/h2,4-5,10,13,16-17H,3,6-9,11-12H2,1H3,(H,24,28). The Balaban J connectivity index is 1.37. The molecule has 1 saturated carbocycles. The van der Waals surface area contributed by atoms with Crippen LogP contribution in [0.3, 0.4) is 0 Å². The number of nitrogens with one attached hydrogen (secondary N) is 1. The summed E-state index contributed by atoms with van der Waals surface area (Å²) in [6, 6.07) is 8.52. The highest BCUT2D eigenvalue weighted by Gasteiger charge is 2.31. The van der Waals surface area contributed by atoms with Gasteiger partial charge in [0.2, 0.25) is 5.91 Å². The van der Waals surface area contributed by atoms with E-state index in [9.17, 15) is 9.59 Å². The molecule has 30 heavy (non-hydrogen) atoms. The summed E-state index contributed by atoms with van der Waals surface area (Å²) >= 11 is 1.39. The van der Waals surface area contributed by atoms with Crippen molar-refractivity contribution >= 4 is 32.7 Å². The van der Waals surface area contributed by atoms with Crippen LogP contribution < -0.4 is 15.8 Å². The zero-order valence-electron chi connectivity index (χ0n) is 17.0. The number of anilines is 1. The molecule has 1 aromatic carbocycles. The molecule has 1 aliphatic carbocycles. The molecule has 5 rings (SSSR count). The summed E-state index contributed by atoms with van der Waals surface area (Å²) in [5.74, 6) is 0.138. The number of aryl methyl sites for hydroxylation is 1. The summed E-state index contributed by atoms with van der Waals surface area (Å²) in [6.45, 7) is 4.03. The van der Waals surface area contributed by atoms with Gasteiger partial charge in [0, 0.05) is 19.1 Å². The number of nitrogens with zero attached hydrogens (tertiary/aromatic N) is 4. The van der Waals surface area contributed by atoms with E-state index in [2.05, 4.69) is 26.3 Å². The number of amides is 1. The van der Waals surface area contributed by atoms with Crippen molar-refractivity contribution < 1.29 is 4.79 Å². The van der Waals surface area contributed by atoms with Crippen molar-refractivity contribution in [1.82, 2.24) is 19.9 Å². The molecule has 1 saturated heterocycles. The van der Waals surface area contributed by atoms with Crippen LogP contribution in [0.4, 0.5) is 5.13 Å². The van der Waals surface area contributed by atoms with Crippen LogP contribution in [0, 0.1) is 12.8 Å². The van der Waals surface area contributed by atoms with E-state index in [0.717, 1.165) is 42.9 Å². The molecule has 3 heterocycles. The summed E-state index contributed by atoms with van der Waals surface area (Å²) in [5.41, 5.74) is 2.67. The van der Waals surface area contributed by atoms with Crippen molar-refractivity contribution in [1.29, 1.82) is 0 Å². The van der Waals surface area contributed by atoms with Crippen molar-refractivity contribution in [2.45, 2.75) is 45.2 Å². The van der Waals surface area contributed by atoms with E-state index in [0.29, 0.717) is 29.5 Å². The van der Waals surface area contributed by atoms with Gasteiger partial charge < -0.3 is 10.2 Å². The van der Waals surface area contributed by atoms with Crippen LogP contribution in [-0.4, -0.2) is 39.6 Å². The number of carbonyl (C=O) groups is 1. The van der Waals surface area contributed by atoms with E-state index in [1.807, 2.05) is 25.1 Å². The molecule has 1 aliphatic heterocycles. The zero-order valence-corrected chi connectivity index (χ0v) is 17.8. The van der Waals surface area contributed by atoms with E-state index < -0.39 is 0 Å². The molecule has 1 N–H and O–H groups in total. The molecule has 2 aromatic heterocycles. The normalized spacial score (nSPS) is 19.2. The van der Waals surface area contributed by atoms with Crippen LogP contribution in [-0.2, 0) is 11.3 Å². The number of rotatable bonds is 5. The SMILES string of the molecule is Cc1cccc(Cn2cnc3nc(N4CCCC(C(=O)NC5CC5)C4)sc3c2=O)c1. The minimum Gasteiger partial charge on any atom is -0.353 e. The van der Waals surface area contributed by atoms with Gasteiger partial charge in [-0.3, -0.25) is 14.2 Å². The highest BCUT2D eigenvalue weighted by molar-refractivity contribution is 7.22. The number of piperidine rings is 1. The fourth-order valence-corrected chi connectivity index (χ4v) is 5.01. The van der Waals surface area contributed by atoms with E-state index in [1.165, 1.54) is 16.9 Å². The van der Waals surface area contributed by atoms with Gasteiger partial charge in [0.25, 0.3) is 5.56 Å². The lowest BCUT2D eigenvalue weighted by atomic mass is 9.97. The van der Waals surface area contributed by atoms with Crippen molar-refractivity contribution in [3.63, 3.8) is 0 Å². The molecule has 0 radical (unpaired) electrons. The van der Waals surface area contributed by atoms with Gasteiger partial charge in [-0.15, -0.1) is 0 Å². The summed E-state index contributed by atoms with van der Waals surface area (Å²) in [5, 5.41) is 3.90. The molecule has 0 spiro atoms. The Hall–Kier alpha value is -2.74. The van der Waals surface area contributed by atoms with Crippen LogP contribution in [0.2, 0.25) is 0 Å². The third kappa shape index (κ3) is 3.96. The van der Waals surface area contributed by atoms with Gasteiger partial charge >= 0.3 is 0 Å². The van der Waals surface area contributed by atoms with Crippen LogP contribution in [0.25, 0.3) is 10.3 Å². The number of aromatic nitrogens is 3. The average molecular weight is 424 g/mol. The summed E-state index contributed by atoms with van der Waals surface area (Å²) in [7, 11) is 0. The maximum Gasteiger partial charge on any atom is 0.273 e. The predicted molar refractivity (Wildman–Crippen MR) is 118 cm³/mol. The number of carbonyl (C=O) groups excluding carboxylic acids is 1. The highest BCUT2D eigenvalue weighted by Crippen LogP contribution is 2.30. The van der Waals surface area contributed by atoms with Crippen molar-refractivity contribution in [2.75, 3.05) is 18.0 Å². The average Bonchev–Trinajstić information content (AvgIpc) is 3.45. The maximum absolute atomic E-state index is 13.0. The van der Waals surface area contributed by atoms with Gasteiger partial charge in [-0.25, -0.2) is 4.98 Å². The zero-order chi connectivity index (χ0) is 20.7. The van der Waals surface area contributed by atoms with Crippen LogP contribution in [0.1, 0.15) is 36.8 Å². The Morgan fingerprint density at radius 2 is 2.17 bits per heavy atom. The summed E-state index contributed by atoms with van der Waals surface area (Å²) in [4.78, 5) is 36.7. The molecule has 2 fully saturated rings. The number of thiazole rings is 1. The van der Waals surface area contributed by atoms with Gasteiger partial charge in [0.1, 0.15) is 11.0 Å². The van der Waals surface area contributed by atoms with Gasteiger partial charge in [-0.2, -0.15) is 4.98 Å². The molecule has 8 heteroatoms. The number of fused-ring (bicyclic) bond motifs is 1. The molecule has 1 amide bonds. The van der Waals surface area contributed by atoms with Crippen LogP contribution in [0.15, 0.2) is 35.4 Å². The third-order valence-corrected chi connectivity index (χ3v) is 6.89. The Labute approximate surface area is 178 Å². The fourth-order valence-electron chi connectivity index (χ4n) is 4.00. The molecule has 3 aromatic rings. The molecular formula is C22H25N5O2S. The van der Waals surface area contributed by atoms with Crippen LogP contribution in [0.5, 0.6) is 0 Å². The second kappa shape index (κ2) is 7.83. The molecule has 0 bridgehead atoms. The molecule has 1 unspecified atom stereocenters. The fraction of sp³-hybridized carbons (Fsp3) is 0.455. The Bertz CT molecular complexity index is 1150. The van der Waals surface area contributed by atoms with Crippen molar-refractivity contribution in [3.05, 3.63) is 52.1 Å². The Kier molecular flexibility index (Phi) is 5.02. The van der Waals surface area contributed by atoms with E-state index in [1.54, 1.807) is 10.9 Å². The molecule has 2 aliphatic rings. The van der Waals surface area contributed by atoms with E-state index in [4.69, 9.17) is 0 Å². The summed E-state index contributed by atoms with van der Waals surface area (Å²) in [6.07, 6.45) is 5.63. The Morgan fingerprint density at radius 3 is 2.97 bits per heavy atom. The molecule has 7 nitrogen and oxygen atoms in total. The predicted octanol–water partition coefficient (Wildman–Crippen LogP) is 2.70. The van der Waals surface area contributed by atoms with E-state index in [-0.39, 0.29) is 17.4 Å². The third-order valence-electron chi connectivity index (χ3n) is 5.79. The summed E-state index contributed by atoms with van der Waals surface area (Å²) < 4.78 is 2.21. The minimum atomic E-state index is -0.0645. The number of hydrogen-bond acceptors (Lipinski definition) is 6. The smallest absolute Gasteiger partial charge is 0.273 e. The van der Waals surface area contributed by atoms with Gasteiger partial charge in [-0.1, -0.05) is 41.2 Å². The first-order valence-corrected chi connectivity index (χ1v) is 11.4. The molecule has 1 atom stereocenters. The Morgan fingerprint density at radius 1 is 1.30 bits per heavy atom. The lowest BCUT2D eigenvalue weighted by molar-refractivity contribution is -0.125. The van der Waals surface area contributed by atoms with Gasteiger partial charge in [0.15, 0.2) is 10.8 Å². The maximum atomic E-state index is 13.0. The number of hydrogen-bond donors (Lipinski definition) is 1. The highest BCUT2D eigenvalue weighted by atomic mass is 32.1. The van der Waals surface area contributed by atoms with Crippen molar-refractivity contribution in [3.8, 4) is 0 Å².